The van der Waals surface area contributed by atoms with Crippen LogP contribution < -0.4 is 20.1 Å². The Morgan fingerprint density at radius 1 is 1.14 bits per heavy atom. The summed E-state index contributed by atoms with van der Waals surface area (Å²) in [6.07, 6.45) is 1.68. The maximum Gasteiger partial charge on any atom is 0.251 e. The SMILES string of the molecule is O=C(C[C@H]1C(=O)Nc2c(-c3ccccc3)cnn21)Nc1ccc2c(c1)OCCO2. The summed E-state index contributed by atoms with van der Waals surface area (Å²) in [4.78, 5) is 25.0. The van der Waals surface area contributed by atoms with Crippen molar-refractivity contribution >= 4 is 23.3 Å². The molecule has 2 N–H and O–H groups in total. The van der Waals surface area contributed by atoms with Crippen LogP contribution in [0.15, 0.2) is 54.7 Å². The Morgan fingerprint density at radius 2 is 1.93 bits per heavy atom. The van der Waals surface area contributed by atoms with Crippen LogP contribution in [-0.2, 0) is 9.59 Å². The maximum absolute atomic E-state index is 12.6. The molecular formula is C21H18N4O4. The van der Waals surface area contributed by atoms with Crippen molar-refractivity contribution in [2.75, 3.05) is 23.8 Å². The van der Waals surface area contributed by atoms with Crippen molar-refractivity contribution in [1.29, 1.82) is 0 Å². The van der Waals surface area contributed by atoms with E-state index in [2.05, 4.69) is 15.7 Å². The smallest absolute Gasteiger partial charge is 0.251 e. The molecule has 0 radical (unpaired) electrons. The van der Waals surface area contributed by atoms with Crippen molar-refractivity contribution in [3.05, 3.63) is 54.7 Å². The third-order valence-corrected chi connectivity index (χ3v) is 4.92. The molecule has 2 aromatic carbocycles. The van der Waals surface area contributed by atoms with Crippen LogP contribution in [-0.4, -0.2) is 34.8 Å². The zero-order chi connectivity index (χ0) is 19.8. The lowest BCUT2D eigenvalue weighted by Gasteiger charge is -2.19. The van der Waals surface area contributed by atoms with Crippen LogP contribution in [0.4, 0.5) is 11.5 Å². The van der Waals surface area contributed by atoms with Gasteiger partial charge in [0.05, 0.1) is 12.6 Å². The molecule has 0 saturated carbocycles. The summed E-state index contributed by atoms with van der Waals surface area (Å²) in [5, 5.41) is 10.0. The summed E-state index contributed by atoms with van der Waals surface area (Å²) >= 11 is 0. The van der Waals surface area contributed by atoms with Gasteiger partial charge in [0.25, 0.3) is 5.91 Å². The maximum atomic E-state index is 12.6. The van der Waals surface area contributed by atoms with Crippen LogP contribution >= 0.6 is 0 Å². The fourth-order valence-corrected chi connectivity index (χ4v) is 3.55. The predicted molar refractivity (Wildman–Crippen MR) is 106 cm³/mol. The van der Waals surface area contributed by atoms with Crippen molar-refractivity contribution in [3.8, 4) is 22.6 Å². The van der Waals surface area contributed by atoms with E-state index in [0.717, 1.165) is 11.1 Å². The second-order valence-corrected chi connectivity index (χ2v) is 6.83. The van der Waals surface area contributed by atoms with Crippen molar-refractivity contribution < 1.29 is 19.1 Å². The Morgan fingerprint density at radius 3 is 2.76 bits per heavy atom. The van der Waals surface area contributed by atoms with E-state index in [1.807, 2.05) is 30.3 Å². The van der Waals surface area contributed by atoms with Gasteiger partial charge in [-0.1, -0.05) is 30.3 Å². The number of fused-ring (bicyclic) bond motifs is 2. The zero-order valence-corrected chi connectivity index (χ0v) is 15.4. The standard InChI is InChI=1S/C21H18N4O4/c26-19(23-14-6-7-17-18(10-14)29-9-8-28-17)11-16-21(27)24-20-15(12-22-25(16)20)13-4-2-1-3-5-13/h1-7,10,12,16H,8-9,11H2,(H,23,26)(H,24,27)/t16-/m0/s1. The van der Waals surface area contributed by atoms with E-state index in [-0.39, 0.29) is 18.2 Å². The van der Waals surface area contributed by atoms with E-state index in [0.29, 0.717) is 36.2 Å². The number of aromatic nitrogens is 2. The van der Waals surface area contributed by atoms with Crippen LogP contribution in [0.25, 0.3) is 11.1 Å². The minimum atomic E-state index is -0.695. The largest absolute Gasteiger partial charge is 0.486 e. The third-order valence-electron chi connectivity index (χ3n) is 4.92. The Labute approximate surface area is 166 Å². The van der Waals surface area contributed by atoms with E-state index in [1.54, 1.807) is 29.1 Å². The molecule has 5 rings (SSSR count). The van der Waals surface area contributed by atoms with Gasteiger partial charge in [-0.15, -0.1) is 0 Å². The third kappa shape index (κ3) is 3.18. The molecule has 0 aliphatic carbocycles. The number of ether oxygens (including phenoxy) is 2. The van der Waals surface area contributed by atoms with Gasteiger partial charge >= 0.3 is 0 Å². The van der Waals surface area contributed by atoms with E-state index in [4.69, 9.17) is 9.47 Å². The van der Waals surface area contributed by atoms with Gasteiger partial charge in [-0.3, -0.25) is 9.59 Å². The minimum Gasteiger partial charge on any atom is -0.486 e. The summed E-state index contributed by atoms with van der Waals surface area (Å²) in [6.45, 7) is 0.977. The minimum absolute atomic E-state index is 0.0246. The van der Waals surface area contributed by atoms with Gasteiger partial charge in [0.15, 0.2) is 11.5 Å². The van der Waals surface area contributed by atoms with Crippen LogP contribution in [0.3, 0.4) is 0 Å². The number of rotatable bonds is 4. The summed E-state index contributed by atoms with van der Waals surface area (Å²) in [6, 6.07) is 14.2. The van der Waals surface area contributed by atoms with Crippen molar-refractivity contribution in [2.45, 2.75) is 12.5 Å². The van der Waals surface area contributed by atoms with Gasteiger partial charge in [0, 0.05) is 17.3 Å². The zero-order valence-electron chi connectivity index (χ0n) is 15.4. The molecule has 0 fully saturated rings. The molecule has 29 heavy (non-hydrogen) atoms. The number of carbonyl (C=O) groups excluding carboxylic acids is 2. The highest BCUT2D eigenvalue weighted by atomic mass is 16.6. The van der Waals surface area contributed by atoms with Gasteiger partial charge in [-0.05, 0) is 17.7 Å². The summed E-state index contributed by atoms with van der Waals surface area (Å²) in [5.41, 5.74) is 2.37. The molecule has 1 atom stereocenters. The second kappa shape index (κ2) is 6.97. The highest BCUT2D eigenvalue weighted by Crippen LogP contribution is 2.36. The normalized spacial score (nSPS) is 16.8. The molecule has 3 aromatic rings. The number of benzene rings is 2. The number of anilines is 2. The lowest BCUT2D eigenvalue weighted by molar-refractivity contribution is -0.123. The molecular weight excluding hydrogens is 372 g/mol. The van der Waals surface area contributed by atoms with E-state index in [1.165, 1.54) is 0 Å². The van der Waals surface area contributed by atoms with Crippen molar-refractivity contribution in [1.82, 2.24) is 9.78 Å². The highest BCUT2D eigenvalue weighted by Gasteiger charge is 2.35. The first-order valence-electron chi connectivity index (χ1n) is 9.32. The Hall–Kier alpha value is -3.81. The molecule has 0 unspecified atom stereocenters. The lowest BCUT2D eigenvalue weighted by atomic mass is 10.1. The number of amides is 2. The van der Waals surface area contributed by atoms with E-state index in [9.17, 15) is 9.59 Å². The average Bonchev–Trinajstić information content (AvgIpc) is 3.28. The van der Waals surface area contributed by atoms with E-state index < -0.39 is 6.04 Å². The first-order chi connectivity index (χ1) is 14.2. The van der Waals surface area contributed by atoms with Crippen LogP contribution in [0.2, 0.25) is 0 Å². The monoisotopic (exact) mass is 390 g/mol. The Kier molecular flexibility index (Phi) is 4.16. The number of nitrogens with one attached hydrogen (secondary N) is 2. The molecule has 0 spiro atoms. The molecule has 0 saturated heterocycles. The lowest BCUT2D eigenvalue weighted by Crippen LogP contribution is -2.23. The fourth-order valence-electron chi connectivity index (χ4n) is 3.55. The van der Waals surface area contributed by atoms with Gasteiger partial charge in [-0.25, -0.2) is 4.68 Å². The number of carbonyl (C=O) groups is 2. The molecule has 3 heterocycles. The fraction of sp³-hybridized carbons (Fsp3) is 0.190. The summed E-state index contributed by atoms with van der Waals surface area (Å²) < 4.78 is 12.6. The summed E-state index contributed by atoms with van der Waals surface area (Å²) in [5.74, 6) is 1.32. The highest BCUT2D eigenvalue weighted by molar-refractivity contribution is 6.04. The molecule has 2 aliphatic heterocycles. The van der Waals surface area contributed by atoms with Crippen molar-refractivity contribution in [3.63, 3.8) is 0 Å². The molecule has 1 aromatic heterocycles. The van der Waals surface area contributed by atoms with E-state index >= 15 is 0 Å². The van der Waals surface area contributed by atoms with Crippen molar-refractivity contribution in [2.24, 2.45) is 0 Å². The molecule has 8 nitrogen and oxygen atoms in total. The first kappa shape index (κ1) is 17.3. The molecule has 8 heteroatoms. The van der Waals surface area contributed by atoms with Crippen LogP contribution in [0.5, 0.6) is 11.5 Å². The van der Waals surface area contributed by atoms with Crippen LogP contribution in [0, 0.1) is 0 Å². The molecule has 0 bridgehead atoms. The average molecular weight is 390 g/mol. The van der Waals surface area contributed by atoms with Gasteiger partial charge in [-0.2, -0.15) is 5.10 Å². The van der Waals surface area contributed by atoms with Gasteiger partial charge < -0.3 is 20.1 Å². The summed E-state index contributed by atoms with van der Waals surface area (Å²) in [7, 11) is 0. The molecule has 2 aliphatic rings. The molecule has 146 valence electrons. The Bertz CT molecular complexity index is 1090. The predicted octanol–water partition coefficient (Wildman–Crippen LogP) is 2.84. The van der Waals surface area contributed by atoms with Crippen LogP contribution in [0.1, 0.15) is 12.5 Å². The number of hydrogen-bond donors (Lipinski definition) is 2. The van der Waals surface area contributed by atoms with Gasteiger partial charge in [0.2, 0.25) is 5.91 Å². The Balaban J connectivity index is 1.32. The first-order valence-corrected chi connectivity index (χ1v) is 9.32. The van der Waals surface area contributed by atoms with Gasteiger partial charge in [0.1, 0.15) is 25.1 Å². The molecule has 2 amide bonds. The number of nitrogens with zero attached hydrogens (tertiary/aromatic N) is 2. The quantitative estimate of drug-likeness (QED) is 0.714. The number of hydrogen-bond acceptors (Lipinski definition) is 5. The topological polar surface area (TPSA) is 94.5 Å². The second-order valence-electron chi connectivity index (χ2n) is 6.83.